The summed E-state index contributed by atoms with van der Waals surface area (Å²) in [6, 6.07) is 7.49. The lowest BCUT2D eigenvalue weighted by Crippen LogP contribution is -2.27. The summed E-state index contributed by atoms with van der Waals surface area (Å²) in [4.78, 5) is 11.8. The van der Waals surface area contributed by atoms with Crippen LogP contribution in [-0.2, 0) is 9.53 Å². The lowest BCUT2D eigenvalue weighted by atomic mass is 10.1. The highest BCUT2D eigenvalue weighted by Gasteiger charge is 2.12. The molecule has 3 N–H and O–H groups in total. The van der Waals surface area contributed by atoms with Gasteiger partial charge in [0, 0.05) is 19.2 Å². The normalized spacial score (nSPS) is 13.9. The first-order valence-corrected chi connectivity index (χ1v) is 6.21. The number of hydrogen-bond donors (Lipinski definition) is 2. The third kappa shape index (κ3) is 4.37. The lowest BCUT2D eigenvalue weighted by molar-refractivity contribution is -0.122. The van der Waals surface area contributed by atoms with Crippen LogP contribution < -0.4 is 11.1 Å². The zero-order chi connectivity index (χ0) is 13.5. The summed E-state index contributed by atoms with van der Waals surface area (Å²) in [6.07, 6.45) is 1.29. The van der Waals surface area contributed by atoms with Gasteiger partial charge in [0.05, 0.1) is 12.1 Å². The molecule has 4 nitrogen and oxygen atoms in total. The largest absolute Gasteiger partial charge is 0.398 e. The Morgan fingerprint density at radius 2 is 2.06 bits per heavy atom. The second-order valence-corrected chi connectivity index (χ2v) is 4.50. The fraction of sp³-hybridized carbons (Fsp3) is 0.500. The third-order valence-corrected chi connectivity index (χ3v) is 3.02. The fourth-order valence-electron chi connectivity index (χ4n) is 1.75. The van der Waals surface area contributed by atoms with Gasteiger partial charge in [-0.2, -0.15) is 0 Å². The minimum Gasteiger partial charge on any atom is -0.398 e. The number of carbonyl (C=O) groups is 1. The molecule has 0 spiro atoms. The molecule has 0 saturated carbocycles. The molecule has 0 saturated heterocycles. The zero-order valence-corrected chi connectivity index (χ0v) is 11.3. The molecule has 18 heavy (non-hydrogen) atoms. The van der Waals surface area contributed by atoms with Gasteiger partial charge in [0.1, 0.15) is 0 Å². The summed E-state index contributed by atoms with van der Waals surface area (Å²) in [6.45, 7) is 3.88. The van der Waals surface area contributed by atoms with E-state index in [-0.39, 0.29) is 18.1 Å². The number of carbonyl (C=O) groups excluding carboxylic acids is 1. The number of benzene rings is 1. The van der Waals surface area contributed by atoms with Crippen molar-refractivity contribution < 1.29 is 9.53 Å². The van der Waals surface area contributed by atoms with Crippen LogP contribution in [0.15, 0.2) is 24.3 Å². The van der Waals surface area contributed by atoms with Gasteiger partial charge < -0.3 is 15.8 Å². The number of amides is 1. The molecule has 0 fully saturated rings. The van der Waals surface area contributed by atoms with Crippen LogP contribution in [0.3, 0.4) is 0 Å². The lowest BCUT2D eigenvalue weighted by Gasteiger charge is -2.17. The standard InChI is InChI=1S/C14H22N2O2/c1-10(18-3)8-9-14(17)16-11(2)12-6-4-5-7-13(12)15/h4-7,10-11H,8-9,15H2,1-3H3,(H,16,17). The van der Waals surface area contributed by atoms with Crippen LogP contribution in [0.25, 0.3) is 0 Å². The number of anilines is 1. The van der Waals surface area contributed by atoms with E-state index in [1.54, 1.807) is 7.11 Å². The van der Waals surface area contributed by atoms with Crippen LogP contribution >= 0.6 is 0 Å². The number of rotatable bonds is 6. The predicted octanol–water partition coefficient (Wildman–Crippen LogP) is 2.26. The molecule has 0 radical (unpaired) electrons. The Labute approximate surface area is 109 Å². The van der Waals surface area contributed by atoms with Crippen LogP contribution in [0.2, 0.25) is 0 Å². The van der Waals surface area contributed by atoms with Gasteiger partial charge in [-0.25, -0.2) is 0 Å². The number of nitrogen functional groups attached to an aromatic ring is 1. The summed E-state index contributed by atoms with van der Waals surface area (Å²) in [5, 5.41) is 2.94. The Balaban J connectivity index is 2.47. The molecule has 2 unspecified atom stereocenters. The molecule has 0 bridgehead atoms. The maximum atomic E-state index is 11.8. The quantitative estimate of drug-likeness (QED) is 0.761. The van der Waals surface area contributed by atoms with E-state index in [0.29, 0.717) is 12.1 Å². The van der Waals surface area contributed by atoms with E-state index in [9.17, 15) is 4.79 Å². The highest BCUT2D eigenvalue weighted by Crippen LogP contribution is 2.19. The van der Waals surface area contributed by atoms with E-state index in [0.717, 1.165) is 12.0 Å². The van der Waals surface area contributed by atoms with Crippen molar-refractivity contribution in [1.29, 1.82) is 0 Å². The van der Waals surface area contributed by atoms with Gasteiger partial charge in [0.25, 0.3) is 0 Å². The average Bonchev–Trinajstić information content (AvgIpc) is 2.36. The molecule has 1 aromatic rings. The second kappa shape index (κ2) is 7.01. The number of nitrogens with one attached hydrogen (secondary N) is 1. The van der Waals surface area contributed by atoms with Gasteiger partial charge in [0.15, 0.2) is 0 Å². The van der Waals surface area contributed by atoms with E-state index in [1.807, 2.05) is 38.1 Å². The first kappa shape index (κ1) is 14.5. The van der Waals surface area contributed by atoms with Gasteiger partial charge in [0.2, 0.25) is 5.91 Å². The highest BCUT2D eigenvalue weighted by molar-refractivity contribution is 5.76. The maximum absolute atomic E-state index is 11.8. The number of para-hydroxylation sites is 1. The van der Waals surface area contributed by atoms with Crippen molar-refractivity contribution in [3.63, 3.8) is 0 Å². The van der Waals surface area contributed by atoms with E-state index < -0.39 is 0 Å². The molecular formula is C14H22N2O2. The minimum absolute atomic E-state index is 0.0228. The Morgan fingerprint density at radius 1 is 1.39 bits per heavy atom. The minimum atomic E-state index is -0.0726. The Kier molecular flexibility index (Phi) is 5.65. The monoisotopic (exact) mass is 250 g/mol. The second-order valence-electron chi connectivity index (χ2n) is 4.50. The first-order valence-electron chi connectivity index (χ1n) is 6.21. The van der Waals surface area contributed by atoms with Crippen LogP contribution in [-0.4, -0.2) is 19.1 Å². The van der Waals surface area contributed by atoms with Crippen molar-refractivity contribution in [2.45, 2.75) is 38.8 Å². The number of hydrogen-bond acceptors (Lipinski definition) is 3. The van der Waals surface area contributed by atoms with Crippen molar-refractivity contribution in [1.82, 2.24) is 5.32 Å². The summed E-state index contributed by atoms with van der Waals surface area (Å²) < 4.78 is 5.11. The molecule has 0 aliphatic heterocycles. The SMILES string of the molecule is COC(C)CCC(=O)NC(C)c1ccccc1N. The van der Waals surface area contributed by atoms with Crippen LogP contribution in [0.5, 0.6) is 0 Å². The van der Waals surface area contributed by atoms with Gasteiger partial charge >= 0.3 is 0 Å². The van der Waals surface area contributed by atoms with E-state index in [1.165, 1.54) is 0 Å². The van der Waals surface area contributed by atoms with Crippen LogP contribution in [0.4, 0.5) is 5.69 Å². The van der Waals surface area contributed by atoms with Crippen molar-refractivity contribution in [3.8, 4) is 0 Å². The van der Waals surface area contributed by atoms with Gasteiger partial charge in [-0.1, -0.05) is 18.2 Å². The molecular weight excluding hydrogens is 228 g/mol. The van der Waals surface area contributed by atoms with Gasteiger partial charge in [-0.3, -0.25) is 4.79 Å². The van der Waals surface area contributed by atoms with Gasteiger partial charge in [-0.05, 0) is 31.9 Å². The fourth-order valence-corrected chi connectivity index (χ4v) is 1.75. The highest BCUT2D eigenvalue weighted by atomic mass is 16.5. The Bertz CT molecular complexity index is 393. The molecule has 1 amide bonds. The molecule has 0 aromatic heterocycles. The van der Waals surface area contributed by atoms with Crippen molar-refractivity contribution in [2.75, 3.05) is 12.8 Å². The van der Waals surface area contributed by atoms with Crippen molar-refractivity contribution >= 4 is 11.6 Å². The number of ether oxygens (including phenoxy) is 1. The van der Waals surface area contributed by atoms with Crippen LogP contribution in [0.1, 0.15) is 38.3 Å². The predicted molar refractivity (Wildman–Crippen MR) is 73.1 cm³/mol. The molecule has 100 valence electrons. The molecule has 0 aliphatic carbocycles. The zero-order valence-electron chi connectivity index (χ0n) is 11.3. The molecule has 0 aliphatic rings. The summed E-state index contributed by atoms with van der Waals surface area (Å²) >= 11 is 0. The van der Waals surface area contributed by atoms with Crippen molar-refractivity contribution in [2.24, 2.45) is 0 Å². The molecule has 4 heteroatoms. The molecule has 0 heterocycles. The maximum Gasteiger partial charge on any atom is 0.220 e. The number of methoxy groups -OCH3 is 1. The Hall–Kier alpha value is -1.55. The Morgan fingerprint density at radius 3 is 2.67 bits per heavy atom. The average molecular weight is 250 g/mol. The van der Waals surface area contributed by atoms with E-state index in [4.69, 9.17) is 10.5 Å². The van der Waals surface area contributed by atoms with Crippen molar-refractivity contribution in [3.05, 3.63) is 29.8 Å². The topological polar surface area (TPSA) is 64.3 Å². The smallest absolute Gasteiger partial charge is 0.220 e. The van der Waals surface area contributed by atoms with E-state index in [2.05, 4.69) is 5.32 Å². The van der Waals surface area contributed by atoms with Crippen LogP contribution in [0, 0.1) is 0 Å². The summed E-state index contributed by atoms with van der Waals surface area (Å²) in [5.74, 6) is 0.0228. The van der Waals surface area contributed by atoms with E-state index >= 15 is 0 Å². The molecule has 1 rings (SSSR count). The number of nitrogens with two attached hydrogens (primary N) is 1. The summed E-state index contributed by atoms with van der Waals surface area (Å²) in [5.41, 5.74) is 7.52. The summed E-state index contributed by atoms with van der Waals surface area (Å²) in [7, 11) is 1.65. The molecule has 1 aromatic carbocycles. The first-order chi connectivity index (χ1) is 8.54. The third-order valence-electron chi connectivity index (χ3n) is 3.02. The molecule has 2 atom stereocenters. The van der Waals surface area contributed by atoms with Gasteiger partial charge in [-0.15, -0.1) is 0 Å².